The SMILES string of the molecule is CCC(C)C(C)F. The maximum Gasteiger partial charge on any atom is 0.0998 e. The fourth-order valence-electron chi connectivity index (χ4n) is 0.325. The minimum atomic E-state index is -0.634. The summed E-state index contributed by atoms with van der Waals surface area (Å²) in [4.78, 5) is 0. The van der Waals surface area contributed by atoms with Crippen molar-refractivity contribution in [2.45, 2.75) is 33.4 Å². The number of alkyl halides is 1. The van der Waals surface area contributed by atoms with E-state index in [-0.39, 0.29) is 5.92 Å². The third-order valence-electron chi connectivity index (χ3n) is 1.43. The van der Waals surface area contributed by atoms with Crippen LogP contribution in [0.3, 0.4) is 0 Å². The summed E-state index contributed by atoms with van der Waals surface area (Å²) in [5.41, 5.74) is 0. The van der Waals surface area contributed by atoms with E-state index in [4.69, 9.17) is 0 Å². The first-order valence-electron chi connectivity index (χ1n) is 2.82. The Bertz CT molecular complexity index is 41.4. The van der Waals surface area contributed by atoms with Crippen LogP contribution in [0, 0.1) is 5.92 Å². The zero-order chi connectivity index (χ0) is 5.86. The highest BCUT2D eigenvalue weighted by atomic mass is 19.1. The molecule has 0 aliphatic rings. The van der Waals surface area contributed by atoms with Crippen LogP contribution in [-0.2, 0) is 0 Å². The van der Waals surface area contributed by atoms with Gasteiger partial charge in [-0.05, 0) is 12.8 Å². The van der Waals surface area contributed by atoms with Crippen molar-refractivity contribution in [2.24, 2.45) is 5.92 Å². The van der Waals surface area contributed by atoms with Crippen LogP contribution < -0.4 is 0 Å². The molecule has 0 spiro atoms. The molecular formula is C6H13F. The van der Waals surface area contributed by atoms with Crippen molar-refractivity contribution in [3.05, 3.63) is 0 Å². The van der Waals surface area contributed by atoms with Gasteiger partial charge in [0.15, 0.2) is 0 Å². The van der Waals surface area contributed by atoms with Gasteiger partial charge in [-0.3, -0.25) is 0 Å². The Morgan fingerprint density at radius 1 is 1.43 bits per heavy atom. The van der Waals surface area contributed by atoms with Crippen molar-refractivity contribution in [2.75, 3.05) is 0 Å². The van der Waals surface area contributed by atoms with Gasteiger partial charge in [0.1, 0.15) is 0 Å². The summed E-state index contributed by atoms with van der Waals surface area (Å²) in [6.07, 6.45) is 0.308. The molecule has 44 valence electrons. The van der Waals surface area contributed by atoms with Gasteiger partial charge in [0.05, 0.1) is 6.17 Å². The van der Waals surface area contributed by atoms with Gasteiger partial charge >= 0.3 is 0 Å². The van der Waals surface area contributed by atoms with Crippen LogP contribution in [0.15, 0.2) is 0 Å². The lowest BCUT2D eigenvalue weighted by atomic mass is 10.1. The lowest BCUT2D eigenvalue weighted by Gasteiger charge is -2.06. The molecule has 0 saturated carbocycles. The van der Waals surface area contributed by atoms with Gasteiger partial charge in [-0.25, -0.2) is 4.39 Å². The van der Waals surface area contributed by atoms with Gasteiger partial charge in [-0.15, -0.1) is 0 Å². The van der Waals surface area contributed by atoms with E-state index < -0.39 is 6.17 Å². The van der Waals surface area contributed by atoms with Crippen molar-refractivity contribution in [3.63, 3.8) is 0 Å². The van der Waals surface area contributed by atoms with E-state index in [9.17, 15) is 4.39 Å². The van der Waals surface area contributed by atoms with Crippen LogP contribution in [-0.4, -0.2) is 6.17 Å². The molecule has 0 radical (unpaired) electrons. The van der Waals surface area contributed by atoms with Crippen LogP contribution in [0.25, 0.3) is 0 Å². The highest BCUT2D eigenvalue weighted by Crippen LogP contribution is 2.08. The Balaban J connectivity index is 3.14. The minimum Gasteiger partial charge on any atom is -0.248 e. The summed E-state index contributed by atoms with van der Waals surface area (Å²) in [5.74, 6) is 0.236. The molecule has 0 saturated heterocycles. The highest BCUT2D eigenvalue weighted by molar-refractivity contribution is 4.54. The Morgan fingerprint density at radius 2 is 1.86 bits per heavy atom. The van der Waals surface area contributed by atoms with Gasteiger partial charge in [-0.2, -0.15) is 0 Å². The fourth-order valence-corrected chi connectivity index (χ4v) is 0.325. The zero-order valence-electron chi connectivity index (χ0n) is 5.24. The molecule has 0 N–H and O–H groups in total. The van der Waals surface area contributed by atoms with E-state index in [1.807, 2.05) is 13.8 Å². The fraction of sp³-hybridized carbons (Fsp3) is 1.00. The summed E-state index contributed by atoms with van der Waals surface area (Å²) in [6.45, 7) is 5.53. The first-order valence-corrected chi connectivity index (χ1v) is 2.82. The average Bonchev–Trinajstić information content (AvgIpc) is 1.65. The molecule has 0 heterocycles. The predicted octanol–water partition coefficient (Wildman–Crippen LogP) is 2.39. The molecule has 0 aromatic rings. The van der Waals surface area contributed by atoms with Crippen LogP contribution in [0.4, 0.5) is 4.39 Å². The molecule has 0 aliphatic carbocycles. The second-order valence-corrected chi connectivity index (χ2v) is 2.06. The second kappa shape index (κ2) is 3.00. The average molecular weight is 104 g/mol. The lowest BCUT2D eigenvalue weighted by molar-refractivity contribution is 0.259. The smallest absolute Gasteiger partial charge is 0.0998 e. The largest absolute Gasteiger partial charge is 0.248 e. The topological polar surface area (TPSA) is 0 Å². The lowest BCUT2D eigenvalue weighted by Crippen LogP contribution is -2.05. The molecule has 0 nitrogen and oxygen atoms in total. The first kappa shape index (κ1) is 6.93. The maximum absolute atomic E-state index is 12.1. The maximum atomic E-state index is 12.1. The molecule has 1 heteroatoms. The number of hydrogen-bond donors (Lipinski definition) is 0. The third kappa shape index (κ3) is 2.60. The van der Waals surface area contributed by atoms with Crippen molar-refractivity contribution in [3.8, 4) is 0 Å². The van der Waals surface area contributed by atoms with Gasteiger partial charge in [0, 0.05) is 0 Å². The summed E-state index contributed by atoms with van der Waals surface area (Å²) in [6, 6.07) is 0. The summed E-state index contributed by atoms with van der Waals surface area (Å²) >= 11 is 0. The van der Waals surface area contributed by atoms with E-state index in [0.717, 1.165) is 6.42 Å². The highest BCUT2D eigenvalue weighted by Gasteiger charge is 2.05. The molecule has 2 unspecified atom stereocenters. The standard InChI is InChI=1S/C6H13F/c1-4-5(2)6(3)7/h5-6H,4H2,1-3H3. The molecule has 0 aliphatic heterocycles. The van der Waals surface area contributed by atoms with E-state index in [0.29, 0.717) is 0 Å². The Morgan fingerprint density at radius 3 is 1.86 bits per heavy atom. The summed E-state index contributed by atoms with van der Waals surface area (Å²) in [5, 5.41) is 0. The van der Waals surface area contributed by atoms with Gasteiger partial charge in [0.25, 0.3) is 0 Å². The van der Waals surface area contributed by atoms with Gasteiger partial charge in [-0.1, -0.05) is 20.3 Å². The van der Waals surface area contributed by atoms with Gasteiger partial charge in [0.2, 0.25) is 0 Å². The van der Waals surface area contributed by atoms with E-state index in [2.05, 4.69) is 0 Å². The molecule has 7 heavy (non-hydrogen) atoms. The summed E-state index contributed by atoms with van der Waals surface area (Å²) < 4.78 is 12.1. The number of hydrogen-bond acceptors (Lipinski definition) is 0. The van der Waals surface area contributed by atoms with E-state index >= 15 is 0 Å². The molecule has 0 bridgehead atoms. The van der Waals surface area contributed by atoms with E-state index in [1.165, 1.54) is 0 Å². The van der Waals surface area contributed by atoms with Crippen molar-refractivity contribution < 1.29 is 4.39 Å². The number of halogens is 1. The van der Waals surface area contributed by atoms with Crippen molar-refractivity contribution >= 4 is 0 Å². The quantitative estimate of drug-likeness (QED) is 0.504. The molecular weight excluding hydrogens is 91.1 g/mol. The van der Waals surface area contributed by atoms with E-state index in [1.54, 1.807) is 6.92 Å². The van der Waals surface area contributed by atoms with Crippen molar-refractivity contribution in [1.29, 1.82) is 0 Å². The molecule has 0 rings (SSSR count). The monoisotopic (exact) mass is 104 g/mol. The molecule has 2 atom stereocenters. The zero-order valence-corrected chi connectivity index (χ0v) is 5.24. The molecule has 0 fully saturated rings. The minimum absolute atomic E-state index is 0.236. The summed E-state index contributed by atoms with van der Waals surface area (Å²) in [7, 11) is 0. The Labute approximate surface area is 44.7 Å². The molecule has 0 aromatic carbocycles. The van der Waals surface area contributed by atoms with Crippen LogP contribution in [0.1, 0.15) is 27.2 Å². The predicted molar refractivity (Wildman–Crippen MR) is 30.0 cm³/mol. The first-order chi connectivity index (χ1) is 3.18. The van der Waals surface area contributed by atoms with Crippen LogP contribution in [0.5, 0.6) is 0 Å². The van der Waals surface area contributed by atoms with Gasteiger partial charge < -0.3 is 0 Å². The number of rotatable bonds is 2. The Kier molecular flexibility index (Phi) is 2.97. The molecule has 0 amide bonds. The second-order valence-electron chi connectivity index (χ2n) is 2.06. The van der Waals surface area contributed by atoms with Crippen LogP contribution >= 0.6 is 0 Å². The van der Waals surface area contributed by atoms with Crippen LogP contribution in [0.2, 0.25) is 0 Å². The van der Waals surface area contributed by atoms with Crippen molar-refractivity contribution in [1.82, 2.24) is 0 Å². The molecule has 0 aromatic heterocycles. The Hall–Kier alpha value is -0.0700. The normalized spacial score (nSPS) is 18.9. The third-order valence-corrected chi connectivity index (χ3v) is 1.43.